The van der Waals surface area contributed by atoms with Crippen LogP contribution in [-0.2, 0) is 11.2 Å². The summed E-state index contributed by atoms with van der Waals surface area (Å²) in [4.78, 5) is 18.0. The van der Waals surface area contributed by atoms with Crippen LogP contribution in [0.15, 0.2) is 70.1 Å². The molecule has 6 nitrogen and oxygen atoms in total. The summed E-state index contributed by atoms with van der Waals surface area (Å²) >= 11 is 0. The number of aliphatic imine (C=N–C) groups is 1. The summed E-state index contributed by atoms with van der Waals surface area (Å²) in [5.74, 6) is 1.36. The van der Waals surface area contributed by atoms with Gasteiger partial charge in [-0.3, -0.25) is 4.79 Å². The molecule has 1 aromatic heterocycles. The number of carbonyl (C=O) groups is 1. The molecule has 0 aliphatic heterocycles. The largest absolute Gasteiger partial charge is 0.459 e. The van der Waals surface area contributed by atoms with E-state index in [1.54, 1.807) is 14.1 Å². The molecule has 2 aromatic carbocycles. The summed E-state index contributed by atoms with van der Waals surface area (Å²) in [6, 6.07) is 20.1. The lowest BCUT2D eigenvalue weighted by Crippen LogP contribution is -2.40. The Hall–Kier alpha value is -3.28. The molecule has 0 bridgehead atoms. The monoisotopic (exact) mass is 392 g/mol. The summed E-state index contributed by atoms with van der Waals surface area (Å²) in [6.07, 6.45) is 0.863. The third-order valence-corrected chi connectivity index (χ3v) is 4.64. The quantitative estimate of drug-likeness (QED) is 0.478. The number of hydrogen-bond donors (Lipinski definition) is 2. The first kappa shape index (κ1) is 20.5. The van der Waals surface area contributed by atoms with Gasteiger partial charge in [0.1, 0.15) is 17.9 Å². The predicted molar refractivity (Wildman–Crippen MR) is 117 cm³/mol. The third-order valence-electron chi connectivity index (χ3n) is 4.64. The van der Waals surface area contributed by atoms with Gasteiger partial charge in [-0.15, -0.1) is 0 Å². The van der Waals surface area contributed by atoms with Crippen molar-refractivity contribution in [3.63, 3.8) is 0 Å². The van der Waals surface area contributed by atoms with E-state index in [-0.39, 0.29) is 18.5 Å². The van der Waals surface area contributed by atoms with Crippen molar-refractivity contribution in [2.24, 2.45) is 4.99 Å². The molecular formula is C23H28N4O2. The molecule has 1 amide bonds. The van der Waals surface area contributed by atoms with Crippen molar-refractivity contribution in [1.82, 2.24) is 15.5 Å². The summed E-state index contributed by atoms with van der Waals surface area (Å²) in [6.45, 7) is 2.80. The molecule has 0 fully saturated rings. The smallest absolute Gasteiger partial charge is 0.243 e. The van der Waals surface area contributed by atoms with Crippen molar-refractivity contribution in [2.45, 2.75) is 19.4 Å². The maximum absolute atomic E-state index is 12.0. The van der Waals surface area contributed by atoms with Crippen LogP contribution in [0.5, 0.6) is 0 Å². The number of likely N-dealkylation sites (N-methyl/N-ethyl adjacent to an activating group) is 1. The van der Waals surface area contributed by atoms with Gasteiger partial charge in [-0.2, -0.15) is 0 Å². The number of guanidine groups is 1. The molecular weight excluding hydrogens is 364 g/mol. The molecule has 0 spiro atoms. The fourth-order valence-corrected chi connectivity index (χ4v) is 2.90. The highest BCUT2D eigenvalue weighted by Gasteiger charge is 2.14. The second kappa shape index (κ2) is 9.78. The highest BCUT2D eigenvalue weighted by Crippen LogP contribution is 2.23. The second-order valence-electron chi connectivity index (χ2n) is 7.17. The Kier molecular flexibility index (Phi) is 6.89. The summed E-state index contributed by atoms with van der Waals surface area (Å²) in [5, 5.41) is 7.74. The average Bonchev–Trinajstić information content (AvgIpc) is 3.16. The number of fused-ring (bicyclic) bond motifs is 1. The van der Waals surface area contributed by atoms with Gasteiger partial charge >= 0.3 is 0 Å². The van der Waals surface area contributed by atoms with Crippen molar-refractivity contribution in [3.8, 4) is 0 Å². The van der Waals surface area contributed by atoms with E-state index in [9.17, 15) is 4.79 Å². The van der Waals surface area contributed by atoms with Gasteiger partial charge in [0.05, 0.1) is 6.04 Å². The molecule has 152 valence electrons. The highest BCUT2D eigenvalue weighted by molar-refractivity contribution is 5.85. The number of benzene rings is 2. The number of amides is 1. The van der Waals surface area contributed by atoms with Gasteiger partial charge in [0, 0.05) is 26.0 Å². The molecule has 3 aromatic rings. The minimum atomic E-state index is -0.0974. The second-order valence-corrected chi connectivity index (χ2v) is 7.17. The molecule has 0 aliphatic carbocycles. The molecule has 1 unspecified atom stereocenters. The zero-order valence-electron chi connectivity index (χ0n) is 17.2. The standard InChI is InChI=1S/C23H28N4O2/c1-17(21-15-19-11-7-8-12-20(19)29-21)26-23(25-16-22(28)27(2)3)24-14-13-18-9-5-4-6-10-18/h4-12,15,17H,13-14,16H2,1-3H3,(H2,24,25,26). The lowest BCUT2D eigenvalue weighted by molar-refractivity contribution is -0.127. The predicted octanol–water partition coefficient (Wildman–Crippen LogP) is 3.36. The SMILES string of the molecule is CC(NC(=NCC(=O)N(C)C)NCCc1ccccc1)c1cc2ccccc2o1. The first-order valence-corrected chi connectivity index (χ1v) is 9.80. The number of para-hydroxylation sites is 1. The minimum Gasteiger partial charge on any atom is -0.459 e. The van der Waals surface area contributed by atoms with E-state index in [2.05, 4.69) is 27.8 Å². The topological polar surface area (TPSA) is 69.9 Å². The Balaban J connectivity index is 1.67. The number of furan rings is 1. The van der Waals surface area contributed by atoms with Crippen LogP contribution >= 0.6 is 0 Å². The molecule has 0 radical (unpaired) electrons. The Morgan fingerprint density at radius 3 is 2.55 bits per heavy atom. The number of nitrogens with one attached hydrogen (secondary N) is 2. The third kappa shape index (κ3) is 5.85. The maximum atomic E-state index is 12.0. The highest BCUT2D eigenvalue weighted by atomic mass is 16.3. The summed E-state index contributed by atoms with van der Waals surface area (Å²) in [7, 11) is 3.45. The first-order chi connectivity index (χ1) is 14.0. The number of rotatable bonds is 7. The molecule has 0 aliphatic rings. The normalized spacial score (nSPS) is 12.6. The zero-order chi connectivity index (χ0) is 20.6. The molecule has 0 saturated carbocycles. The molecule has 1 heterocycles. The van der Waals surface area contributed by atoms with Crippen LogP contribution in [-0.4, -0.2) is 44.0 Å². The van der Waals surface area contributed by atoms with Crippen LogP contribution in [0.3, 0.4) is 0 Å². The van der Waals surface area contributed by atoms with Crippen LogP contribution in [0.2, 0.25) is 0 Å². The molecule has 1 atom stereocenters. The Labute approximate surface area is 171 Å². The minimum absolute atomic E-state index is 0.0504. The Morgan fingerprint density at radius 1 is 1.10 bits per heavy atom. The van der Waals surface area contributed by atoms with E-state index < -0.39 is 0 Å². The number of carbonyl (C=O) groups excluding carboxylic acids is 1. The lowest BCUT2D eigenvalue weighted by atomic mass is 10.1. The average molecular weight is 393 g/mol. The van der Waals surface area contributed by atoms with Crippen LogP contribution in [0, 0.1) is 0 Å². The van der Waals surface area contributed by atoms with Gasteiger partial charge < -0.3 is 20.0 Å². The van der Waals surface area contributed by atoms with E-state index in [4.69, 9.17) is 4.42 Å². The van der Waals surface area contributed by atoms with Crippen molar-refractivity contribution < 1.29 is 9.21 Å². The van der Waals surface area contributed by atoms with Gasteiger partial charge in [0.25, 0.3) is 0 Å². The van der Waals surface area contributed by atoms with Crippen LogP contribution < -0.4 is 10.6 Å². The van der Waals surface area contributed by atoms with Crippen molar-refractivity contribution >= 4 is 22.8 Å². The first-order valence-electron chi connectivity index (χ1n) is 9.80. The Morgan fingerprint density at radius 2 is 1.83 bits per heavy atom. The maximum Gasteiger partial charge on any atom is 0.243 e. The van der Waals surface area contributed by atoms with Gasteiger partial charge in [0.15, 0.2) is 5.96 Å². The van der Waals surface area contributed by atoms with Gasteiger partial charge in [0.2, 0.25) is 5.91 Å². The van der Waals surface area contributed by atoms with Gasteiger partial charge in [-0.25, -0.2) is 4.99 Å². The van der Waals surface area contributed by atoms with E-state index in [0.29, 0.717) is 12.5 Å². The van der Waals surface area contributed by atoms with Crippen LogP contribution in [0.25, 0.3) is 11.0 Å². The van der Waals surface area contributed by atoms with Crippen LogP contribution in [0.1, 0.15) is 24.3 Å². The van der Waals surface area contributed by atoms with E-state index >= 15 is 0 Å². The van der Waals surface area contributed by atoms with Crippen LogP contribution in [0.4, 0.5) is 0 Å². The molecule has 3 rings (SSSR count). The molecule has 29 heavy (non-hydrogen) atoms. The molecule has 6 heteroatoms. The van der Waals surface area contributed by atoms with E-state index in [1.807, 2.05) is 55.5 Å². The van der Waals surface area contributed by atoms with Crippen molar-refractivity contribution in [3.05, 3.63) is 72.0 Å². The van der Waals surface area contributed by atoms with Gasteiger partial charge in [-0.1, -0.05) is 48.5 Å². The van der Waals surface area contributed by atoms with Gasteiger partial charge in [-0.05, 0) is 31.0 Å². The van der Waals surface area contributed by atoms with Crippen molar-refractivity contribution in [1.29, 1.82) is 0 Å². The molecule has 0 saturated heterocycles. The van der Waals surface area contributed by atoms with Crippen molar-refractivity contribution in [2.75, 3.05) is 27.2 Å². The number of nitrogens with zero attached hydrogens (tertiary/aromatic N) is 2. The Bertz CT molecular complexity index is 930. The fourth-order valence-electron chi connectivity index (χ4n) is 2.90. The summed E-state index contributed by atoms with van der Waals surface area (Å²) < 4.78 is 5.95. The summed E-state index contributed by atoms with van der Waals surface area (Å²) in [5.41, 5.74) is 2.10. The molecule has 2 N–H and O–H groups in total. The van der Waals surface area contributed by atoms with E-state index in [1.165, 1.54) is 10.5 Å². The number of hydrogen-bond acceptors (Lipinski definition) is 3. The van der Waals surface area contributed by atoms with E-state index in [0.717, 1.165) is 23.2 Å². The fraction of sp³-hybridized carbons (Fsp3) is 0.304. The zero-order valence-corrected chi connectivity index (χ0v) is 17.2. The lowest BCUT2D eigenvalue weighted by Gasteiger charge is -2.17.